The molecule has 218 valence electrons. The van der Waals surface area contributed by atoms with Crippen molar-refractivity contribution in [1.82, 2.24) is 4.98 Å². The van der Waals surface area contributed by atoms with Crippen LogP contribution in [-0.2, 0) is 25.0 Å². The molecule has 1 aliphatic rings. The minimum atomic E-state index is -4.67. The molecule has 1 aromatic heterocycles. The molecule has 1 heterocycles. The molecule has 3 N–H and O–H groups in total. The minimum absolute atomic E-state index is 0.0308. The number of ketones is 2. The molecule has 2 aromatic carbocycles. The van der Waals surface area contributed by atoms with Crippen LogP contribution in [0.2, 0.25) is 5.15 Å². The van der Waals surface area contributed by atoms with Crippen LogP contribution in [0.1, 0.15) is 32.5 Å². The largest absolute Gasteiger partial charge is 0.397 e. The van der Waals surface area contributed by atoms with Gasteiger partial charge in [0, 0.05) is 29.9 Å². The van der Waals surface area contributed by atoms with Crippen molar-refractivity contribution < 1.29 is 44.3 Å². The van der Waals surface area contributed by atoms with Gasteiger partial charge in [-0.15, -0.1) is 10.2 Å². The maximum atomic E-state index is 12.6. The van der Waals surface area contributed by atoms with Gasteiger partial charge in [0.25, 0.3) is 0 Å². The average Bonchev–Trinajstić information content (AvgIpc) is 3.36. The number of carbonyl (C=O) groups excluding carboxylic acids is 2. The van der Waals surface area contributed by atoms with Crippen molar-refractivity contribution in [3.63, 3.8) is 0 Å². The van der Waals surface area contributed by atoms with Gasteiger partial charge in [0.1, 0.15) is 5.15 Å². The Morgan fingerprint density at radius 1 is 0.976 bits per heavy atom. The van der Waals surface area contributed by atoms with Gasteiger partial charge in [-0.2, -0.15) is 16.8 Å². The zero-order valence-electron chi connectivity index (χ0n) is 20.9. The van der Waals surface area contributed by atoms with Gasteiger partial charge in [-0.1, -0.05) is 47.2 Å². The Morgan fingerprint density at radius 2 is 1.54 bits per heavy atom. The fourth-order valence-corrected chi connectivity index (χ4v) is 4.83. The Kier molecular flexibility index (Phi) is 10.6. The van der Waals surface area contributed by atoms with Crippen LogP contribution in [0.25, 0.3) is 6.08 Å². The van der Waals surface area contributed by atoms with Gasteiger partial charge >= 0.3 is 20.8 Å². The quantitative estimate of drug-likeness (QED) is 0.125. The predicted octanol–water partition coefficient (Wildman–Crippen LogP) is 4.67. The van der Waals surface area contributed by atoms with Gasteiger partial charge < -0.3 is 4.90 Å². The van der Waals surface area contributed by atoms with Crippen molar-refractivity contribution in [2.75, 3.05) is 24.6 Å². The molecule has 1 aliphatic carbocycles. The number of hydrogen-bond donors (Lipinski definition) is 3. The summed E-state index contributed by atoms with van der Waals surface area (Å²) < 4.78 is 66.0. The normalized spacial score (nSPS) is 13.2. The summed E-state index contributed by atoms with van der Waals surface area (Å²) in [4.78, 5) is 31.6. The number of fused-ring (bicyclic) bond motifs is 1. The van der Waals surface area contributed by atoms with E-state index in [2.05, 4.69) is 19.4 Å². The number of aromatic nitrogens is 1. The molecular weight excluding hydrogens is 624 g/mol. The summed E-state index contributed by atoms with van der Waals surface area (Å²) in [5.74, 6) is -0.706. The lowest BCUT2D eigenvalue weighted by atomic mass is 10.1. The average molecular weight is 645 g/mol. The van der Waals surface area contributed by atoms with E-state index in [4.69, 9.17) is 33.7 Å². The molecule has 0 fully saturated rings. The molecular formula is C23H21ClN4O10S3. The van der Waals surface area contributed by atoms with Crippen molar-refractivity contribution in [3.8, 4) is 0 Å². The van der Waals surface area contributed by atoms with E-state index in [1.165, 1.54) is 6.08 Å². The van der Waals surface area contributed by atoms with E-state index < -0.39 is 20.8 Å². The SMILES string of the molecule is CCN(CCOS(=O)(=O)O)c1ccc(/N=N/c2nc(Cl)c(C=C3C(=O)c4ccccc4C3=O)s2)cc1.O=S(=O)(O)O. The molecule has 0 spiro atoms. The van der Waals surface area contributed by atoms with Crippen LogP contribution in [0.3, 0.4) is 0 Å². The fraction of sp³-hybridized carbons (Fsp3) is 0.174. The number of carbonyl (C=O) groups is 2. The molecule has 0 bridgehead atoms. The molecule has 14 nitrogen and oxygen atoms in total. The summed E-state index contributed by atoms with van der Waals surface area (Å²) in [6.07, 6.45) is 1.43. The van der Waals surface area contributed by atoms with Crippen LogP contribution in [0, 0.1) is 0 Å². The highest BCUT2D eigenvalue weighted by atomic mass is 35.5. The molecule has 0 amide bonds. The predicted molar refractivity (Wildman–Crippen MR) is 150 cm³/mol. The highest BCUT2D eigenvalue weighted by molar-refractivity contribution is 7.80. The third-order valence-corrected chi connectivity index (χ3v) is 6.97. The first-order valence-electron chi connectivity index (χ1n) is 11.3. The first-order valence-corrected chi connectivity index (χ1v) is 15.3. The maximum Gasteiger partial charge on any atom is 0.397 e. The zero-order valence-corrected chi connectivity index (χ0v) is 24.1. The molecule has 0 saturated heterocycles. The van der Waals surface area contributed by atoms with E-state index in [1.54, 1.807) is 48.5 Å². The van der Waals surface area contributed by atoms with E-state index in [-0.39, 0.29) is 40.6 Å². The standard InChI is InChI=1S/C23H19ClN4O6S2.H2O4S/c1-2-28(11-12-34-36(31,32)33)15-9-7-14(8-10-15)26-27-23-25-22(24)19(35-23)13-18-20(29)16-5-3-4-6-17(16)21(18)30;1-5(2,3)4/h3-10,13H,2,11-12H2,1H3,(H,31,32,33);(H2,1,2,3,4)/b27-26+;. The topological polar surface area (TPSA) is 213 Å². The van der Waals surface area contributed by atoms with E-state index in [0.29, 0.717) is 28.2 Å². The number of Topliss-reactive ketones (excluding diaryl/α,β-unsaturated/α-hetero) is 2. The van der Waals surface area contributed by atoms with Crippen molar-refractivity contribution in [2.24, 2.45) is 10.2 Å². The molecule has 18 heteroatoms. The molecule has 4 rings (SSSR count). The second kappa shape index (κ2) is 13.5. The number of halogens is 1. The van der Waals surface area contributed by atoms with Gasteiger partial charge in [-0.3, -0.25) is 23.2 Å². The second-order valence-electron chi connectivity index (χ2n) is 7.91. The zero-order chi connectivity index (χ0) is 30.4. The molecule has 0 aliphatic heterocycles. The Bertz CT molecular complexity index is 1680. The number of thiazole rings is 1. The minimum Gasteiger partial charge on any atom is -0.369 e. The highest BCUT2D eigenvalue weighted by Gasteiger charge is 2.33. The number of likely N-dealkylation sites (N-methyl/N-ethyl adjacent to an activating group) is 1. The van der Waals surface area contributed by atoms with Crippen LogP contribution in [0.15, 0.2) is 64.3 Å². The van der Waals surface area contributed by atoms with Crippen LogP contribution in [0.5, 0.6) is 0 Å². The summed E-state index contributed by atoms with van der Waals surface area (Å²) in [7, 11) is -9.15. The van der Waals surface area contributed by atoms with Crippen molar-refractivity contribution in [3.05, 3.63) is 75.3 Å². The van der Waals surface area contributed by atoms with E-state index in [9.17, 15) is 18.0 Å². The van der Waals surface area contributed by atoms with Gasteiger partial charge in [0.05, 0.1) is 22.7 Å². The molecule has 0 saturated carbocycles. The summed E-state index contributed by atoms with van der Waals surface area (Å²) in [6.45, 7) is 2.54. The molecule has 3 aromatic rings. The number of benzene rings is 2. The molecule has 0 radical (unpaired) electrons. The number of allylic oxidation sites excluding steroid dienone is 1. The number of azo groups is 1. The number of rotatable bonds is 9. The highest BCUT2D eigenvalue weighted by Crippen LogP contribution is 2.35. The van der Waals surface area contributed by atoms with Crippen molar-refractivity contribution in [2.45, 2.75) is 6.92 Å². The van der Waals surface area contributed by atoms with Crippen LogP contribution in [-0.4, -0.2) is 66.7 Å². The first kappa shape index (κ1) is 32.1. The van der Waals surface area contributed by atoms with E-state index >= 15 is 0 Å². The third kappa shape index (κ3) is 9.58. The summed E-state index contributed by atoms with van der Waals surface area (Å²) in [6, 6.07) is 13.6. The number of hydrogen-bond acceptors (Lipinski definition) is 12. The monoisotopic (exact) mass is 644 g/mol. The molecule has 0 unspecified atom stereocenters. The van der Waals surface area contributed by atoms with Gasteiger partial charge in [-0.25, -0.2) is 9.17 Å². The lowest BCUT2D eigenvalue weighted by molar-refractivity contribution is 0.0990. The lowest BCUT2D eigenvalue weighted by Crippen LogP contribution is -2.27. The molecule has 0 atom stereocenters. The van der Waals surface area contributed by atoms with Crippen molar-refractivity contribution >= 4 is 77.9 Å². The van der Waals surface area contributed by atoms with Crippen molar-refractivity contribution in [1.29, 1.82) is 0 Å². The summed E-state index contributed by atoms with van der Waals surface area (Å²) >= 11 is 7.31. The Morgan fingerprint density at radius 3 is 2.05 bits per heavy atom. The number of anilines is 1. The lowest BCUT2D eigenvalue weighted by Gasteiger charge is -2.22. The second-order valence-corrected chi connectivity index (χ2v) is 11.3. The Balaban J connectivity index is 0.000000850. The number of nitrogens with zero attached hydrogens (tertiary/aromatic N) is 4. The third-order valence-electron chi connectivity index (χ3n) is 5.22. The van der Waals surface area contributed by atoms with Gasteiger partial charge in [0.2, 0.25) is 5.13 Å². The van der Waals surface area contributed by atoms with Gasteiger partial charge in [0.15, 0.2) is 11.6 Å². The Labute approximate surface area is 243 Å². The first-order chi connectivity index (χ1) is 19.2. The summed E-state index contributed by atoms with van der Waals surface area (Å²) in [5.41, 5.74) is 2.10. The molecule has 41 heavy (non-hydrogen) atoms. The Hall–Kier alpha value is -3.42. The van der Waals surface area contributed by atoms with Gasteiger partial charge in [-0.05, 0) is 37.3 Å². The van der Waals surface area contributed by atoms with Crippen LogP contribution < -0.4 is 4.90 Å². The van der Waals surface area contributed by atoms with Crippen LogP contribution >= 0.6 is 22.9 Å². The van der Waals surface area contributed by atoms with Crippen LogP contribution in [0.4, 0.5) is 16.5 Å². The van der Waals surface area contributed by atoms with E-state index in [1.807, 2.05) is 11.8 Å². The fourth-order valence-electron chi connectivity index (χ4n) is 3.52. The van der Waals surface area contributed by atoms with E-state index in [0.717, 1.165) is 17.0 Å². The maximum absolute atomic E-state index is 12.6. The smallest absolute Gasteiger partial charge is 0.369 e. The summed E-state index contributed by atoms with van der Waals surface area (Å²) in [5, 5.41) is 8.62.